The molecule has 1 atom stereocenters. The zero-order valence-electron chi connectivity index (χ0n) is 18.0. The minimum atomic E-state index is -4.14. The summed E-state index contributed by atoms with van der Waals surface area (Å²) < 4.78 is 26.2. The molecule has 7 heteroatoms. The summed E-state index contributed by atoms with van der Waals surface area (Å²) in [6, 6.07) is 0. The van der Waals surface area contributed by atoms with E-state index >= 15 is 0 Å². The number of phosphoric acid groups is 1. The molecule has 0 rings (SSSR count). The highest BCUT2D eigenvalue weighted by atomic mass is 79.9. The van der Waals surface area contributed by atoms with Crippen molar-refractivity contribution in [3.8, 4) is 0 Å². The first-order chi connectivity index (χ1) is 13.6. The van der Waals surface area contributed by atoms with Crippen molar-refractivity contribution in [3.05, 3.63) is 0 Å². The third kappa shape index (κ3) is 22.8. The molecule has 0 saturated carbocycles. The Morgan fingerprint density at radius 3 is 1.57 bits per heavy atom. The van der Waals surface area contributed by atoms with Gasteiger partial charge in [0.2, 0.25) is 0 Å². The molecule has 0 fully saturated rings. The lowest BCUT2D eigenvalue weighted by Gasteiger charge is -2.22. The number of rotatable bonds is 23. The van der Waals surface area contributed by atoms with Crippen LogP contribution in [-0.2, 0) is 18.3 Å². The fraction of sp³-hybridized carbons (Fsp3) is 1.00. The first-order valence-electron chi connectivity index (χ1n) is 11.4. The first kappa shape index (κ1) is 28.5. The molecule has 0 aromatic heterocycles. The van der Waals surface area contributed by atoms with E-state index in [1.807, 2.05) is 0 Å². The summed E-state index contributed by atoms with van der Waals surface area (Å²) in [6.07, 6.45) is 19.4. The van der Waals surface area contributed by atoms with Crippen molar-refractivity contribution >= 4 is 23.8 Å². The fourth-order valence-electron chi connectivity index (χ4n) is 3.02. The van der Waals surface area contributed by atoms with Gasteiger partial charge in [-0.05, 0) is 12.8 Å². The standard InChI is InChI=1S/C21H44BrO5P/c1-2-3-4-5-6-7-8-9-10-11-12-13-14-15-18-25-19-16-20-26-28(23,24)27-21-17-22/h2-21H2,1H3,(H,23,24)/p-1. The number of hydrogen-bond donors (Lipinski definition) is 0. The summed E-state index contributed by atoms with van der Waals surface area (Å²) >= 11 is 3.10. The lowest BCUT2D eigenvalue weighted by atomic mass is 10.0. The number of halogens is 1. The smallest absolute Gasteiger partial charge is 0.267 e. The fourth-order valence-corrected chi connectivity index (χ4v) is 4.18. The maximum absolute atomic E-state index is 11.3. The van der Waals surface area contributed by atoms with Gasteiger partial charge >= 0.3 is 0 Å². The van der Waals surface area contributed by atoms with Gasteiger partial charge in [0.15, 0.2) is 0 Å². The van der Waals surface area contributed by atoms with Crippen LogP contribution in [0, 0.1) is 0 Å². The van der Waals surface area contributed by atoms with Gasteiger partial charge in [-0.1, -0.05) is 106 Å². The molecule has 0 bridgehead atoms. The molecule has 0 aliphatic heterocycles. The topological polar surface area (TPSA) is 67.8 Å². The van der Waals surface area contributed by atoms with Crippen LogP contribution < -0.4 is 4.89 Å². The molecule has 0 aliphatic carbocycles. The van der Waals surface area contributed by atoms with E-state index in [0.29, 0.717) is 18.4 Å². The number of phosphoric ester groups is 1. The summed E-state index contributed by atoms with van der Waals surface area (Å²) in [5.74, 6) is 0. The van der Waals surface area contributed by atoms with Gasteiger partial charge in [-0.25, -0.2) is 0 Å². The van der Waals surface area contributed by atoms with E-state index < -0.39 is 7.82 Å². The summed E-state index contributed by atoms with van der Waals surface area (Å²) in [7, 11) is -4.14. The third-order valence-electron chi connectivity index (χ3n) is 4.65. The van der Waals surface area contributed by atoms with Gasteiger partial charge in [0.05, 0.1) is 13.2 Å². The summed E-state index contributed by atoms with van der Waals surface area (Å²) in [6.45, 7) is 3.74. The molecule has 0 N–H and O–H groups in total. The quantitative estimate of drug-likeness (QED) is 0.0906. The Bertz CT molecular complexity index is 358. The Hall–Kier alpha value is 0.550. The summed E-state index contributed by atoms with van der Waals surface area (Å²) in [5.41, 5.74) is 0. The Morgan fingerprint density at radius 1 is 0.643 bits per heavy atom. The van der Waals surface area contributed by atoms with Crippen LogP contribution in [0.1, 0.15) is 103 Å². The minimum absolute atomic E-state index is 0.0937. The Balaban J connectivity index is 3.13. The molecule has 0 radical (unpaired) electrons. The molecule has 0 aromatic rings. The van der Waals surface area contributed by atoms with Crippen molar-refractivity contribution in [1.29, 1.82) is 0 Å². The van der Waals surface area contributed by atoms with E-state index in [1.54, 1.807) is 0 Å². The lowest BCUT2D eigenvalue weighted by molar-refractivity contribution is -0.225. The molecular weight excluding hydrogens is 443 g/mol. The van der Waals surface area contributed by atoms with Crippen molar-refractivity contribution in [2.75, 3.05) is 31.8 Å². The van der Waals surface area contributed by atoms with E-state index in [9.17, 15) is 9.46 Å². The van der Waals surface area contributed by atoms with Crippen LogP contribution in [0.4, 0.5) is 0 Å². The molecular formula is C21H43BrO5P-. The molecule has 1 unspecified atom stereocenters. The largest absolute Gasteiger partial charge is 0.756 e. The highest BCUT2D eigenvalue weighted by molar-refractivity contribution is 9.09. The van der Waals surface area contributed by atoms with E-state index in [2.05, 4.69) is 27.4 Å². The van der Waals surface area contributed by atoms with Gasteiger partial charge in [0, 0.05) is 18.5 Å². The third-order valence-corrected chi connectivity index (χ3v) is 5.97. The SMILES string of the molecule is CCCCCCCCCCCCCCCCOCCCOP(=O)([O-])OCCBr. The maximum atomic E-state index is 11.3. The average Bonchev–Trinajstić information content (AvgIpc) is 2.68. The number of hydrogen-bond acceptors (Lipinski definition) is 5. The summed E-state index contributed by atoms with van der Waals surface area (Å²) in [5, 5.41) is 0.463. The molecule has 0 spiro atoms. The zero-order chi connectivity index (χ0) is 20.8. The van der Waals surface area contributed by atoms with Crippen LogP contribution in [0.15, 0.2) is 0 Å². The maximum Gasteiger partial charge on any atom is 0.267 e. The average molecular weight is 486 g/mol. The van der Waals surface area contributed by atoms with Crippen molar-refractivity contribution in [3.63, 3.8) is 0 Å². The molecule has 0 amide bonds. The molecule has 0 aliphatic rings. The van der Waals surface area contributed by atoms with E-state index in [1.165, 1.54) is 83.5 Å². The molecule has 0 saturated heterocycles. The second-order valence-corrected chi connectivity index (χ2v) is 9.57. The van der Waals surface area contributed by atoms with Crippen LogP contribution >= 0.6 is 23.8 Å². The van der Waals surface area contributed by atoms with E-state index in [-0.39, 0.29) is 13.2 Å². The van der Waals surface area contributed by atoms with Crippen molar-refractivity contribution in [2.24, 2.45) is 0 Å². The van der Waals surface area contributed by atoms with Gasteiger partial charge in [-0.2, -0.15) is 0 Å². The highest BCUT2D eigenvalue weighted by Crippen LogP contribution is 2.38. The monoisotopic (exact) mass is 485 g/mol. The first-order valence-corrected chi connectivity index (χ1v) is 13.9. The van der Waals surface area contributed by atoms with Gasteiger partial charge in [-0.15, -0.1) is 0 Å². The second kappa shape index (κ2) is 22.2. The van der Waals surface area contributed by atoms with E-state index in [0.717, 1.165) is 13.0 Å². The highest BCUT2D eigenvalue weighted by Gasteiger charge is 2.07. The van der Waals surface area contributed by atoms with Crippen molar-refractivity contribution in [1.82, 2.24) is 0 Å². The van der Waals surface area contributed by atoms with Gasteiger partial charge < -0.3 is 18.7 Å². The zero-order valence-corrected chi connectivity index (χ0v) is 20.5. The predicted molar refractivity (Wildman–Crippen MR) is 119 cm³/mol. The molecule has 5 nitrogen and oxygen atoms in total. The number of alkyl halides is 1. The van der Waals surface area contributed by atoms with Crippen LogP contribution in [-0.4, -0.2) is 31.8 Å². The van der Waals surface area contributed by atoms with Gasteiger partial charge in [0.25, 0.3) is 7.82 Å². The van der Waals surface area contributed by atoms with E-state index in [4.69, 9.17) is 9.26 Å². The second-order valence-electron chi connectivity index (χ2n) is 7.36. The van der Waals surface area contributed by atoms with Crippen LogP contribution in [0.2, 0.25) is 0 Å². The van der Waals surface area contributed by atoms with Crippen molar-refractivity contribution in [2.45, 2.75) is 103 Å². The van der Waals surface area contributed by atoms with Gasteiger partial charge in [0.1, 0.15) is 0 Å². The summed E-state index contributed by atoms with van der Waals surface area (Å²) in [4.78, 5) is 11.3. The lowest BCUT2D eigenvalue weighted by Crippen LogP contribution is -2.11. The Labute approximate surface area is 182 Å². The van der Waals surface area contributed by atoms with Gasteiger partial charge in [-0.3, -0.25) is 4.57 Å². The molecule has 170 valence electrons. The number of ether oxygens (including phenoxy) is 1. The van der Waals surface area contributed by atoms with Crippen LogP contribution in [0.25, 0.3) is 0 Å². The normalized spacial score (nSPS) is 13.7. The molecule has 0 heterocycles. The minimum Gasteiger partial charge on any atom is -0.756 e. The van der Waals surface area contributed by atoms with Crippen molar-refractivity contribution < 1.29 is 23.2 Å². The molecule has 28 heavy (non-hydrogen) atoms. The number of unbranched alkanes of at least 4 members (excludes halogenated alkanes) is 13. The Kier molecular flexibility index (Phi) is 22.7. The predicted octanol–water partition coefficient (Wildman–Crippen LogP) is 6.77. The van der Waals surface area contributed by atoms with Crippen LogP contribution in [0.3, 0.4) is 0 Å². The molecule has 0 aromatic carbocycles. The Morgan fingerprint density at radius 2 is 1.07 bits per heavy atom. The van der Waals surface area contributed by atoms with Crippen LogP contribution in [0.5, 0.6) is 0 Å².